The fraction of sp³-hybridized carbons (Fsp3) is 0.588. The van der Waals surface area contributed by atoms with Crippen LogP contribution in [0.5, 0.6) is 5.75 Å². The molecule has 0 saturated heterocycles. The van der Waals surface area contributed by atoms with Crippen molar-refractivity contribution >= 4 is 5.78 Å². The Balaban J connectivity index is 2.21. The van der Waals surface area contributed by atoms with Crippen LogP contribution in [0.2, 0.25) is 0 Å². The van der Waals surface area contributed by atoms with Gasteiger partial charge in [0.05, 0.1) is 0 Å². The van der Waals surface area contributed by atoms with Gasteiger partial charge in [-0.1, -0.05) is 32.9 Å². The van der Waals surface area contributed by atoms with E-state index in [9.17, 15) is 4.79 Å². The summed E-state index contributed by atoms with van der Waals surface area (Å²) in [6, 6.07) is 6.26. The second-order valence-electron chi connectivity index (χ2n) is 6.45. The number of aryl methyl sites for hydroxylation is 1. The number of Topliss-reactive ketones (excluding diaryl/α,β-unsaturated/α-hetero) is 1. The molecule has 0 heterocycles. The number of hydrogen-bond donors (Lipinski definition) is 0. The molecule has 1 aliphatic rings. The molecule has 20 heavy (non-hydrogen) atoms. The Hall–Kier alpha value is -1.35. The minimum absolute atomic E-state index is 0.0118. The smallest absolute Gasteiger partial charge is 0.169 e. The summed E-state index contributed by atoms with van der Waals surface area (Å²) >= 11 is 0. The van der Waals surface area contributed by atoms with E-state index in [1.165, 1.54) is 0 Å². The lowest BCUT2D eigenvalue weighted by molar-refractivity contribution is -0.154. The molecule has 1 aliphatic carbocycles. The second kappa shape index (κ2) is 5.57. The summed E-state index contributed by atoms with van der Waals surface area (Å²) in [6.07, 6.45) is -0.0963. The maximum absolute atomic E-state index is 11.6. The molecule has 2 atom stereocenters. The predicted octanol–water partition coefficient (Wildman–Crippen LogP) is 3.42. The third-order valence-corrected chi connectivity index (χ3v) is 3.63. The molecular formula is C17H24O3. The molecule has 1 saturated carbocycles. The van der Waals surface area contributed by atoms with Crippen LogP contribution in [-0.2, 0) is 14.9 Å². The Morgan fingerprint density at radius 3 is 2.55 bits per heavy atom. The maximum Gasteiger partial charge on any atom is 0.169 e. The molecule has 1 aromatic rings. The van der Waals surface area contributed by atoms with E-state index < -0.39 is 6.10 Å². The standard InChI is InChI=1S/C17H24O3/c1-6-19-16-13(18)10-15(16)20-14-9-11(2)7-8-12(14)17(3,4)5/h7-9,15-16H,6,10H2,1-5H3. The average molecular weight is 276 g/mol. The highest BCUT2D eigenvalue weighted by molar-refractivity contribution is 5.90. The Morgan fingerprint density at radius 1 is 1.30 bits per heavy atom. The highest BCUT2D eigenvalue weighted by Crippen LogP contribution is 2.35. The zero-order valence-corrected chi connectivity index (χ0v) is 13.0. The molecule has 2 unspecified atom stereocenters. The van der Waals surface area contributed by atoms with Gasteiger partial charge in [0.25, 0.3) is 0 Å². The molecule has 1 aromatic carbocycles. The molecule has 3 nitrogen and oxygen atoms in total. The Bertz CT molecular complexity index is 499. The summed E-state index contributed by atoms with van der Waals surface area (Å²) in [5, 5.41) is 0. The molecule has 0 aliphatic heterocycles. The quantitative estimate of drug-likeness (QED) is 0.845. The van der Waals surface area contributed by atoms with Crippen LogP contribution in [0.3, 0.4) is 0 Å². The normalized spacial score (nSPS) is 22.6. The largest absolute Gasteiger partial charge is 0.486 e. The lowest BCUT2D eigenvalue weighted by atomic mass is 9.85. The van der Waals surface area contributed by atoms with Crippen molar-refractivity contribution in [1.82, 2.24) is 0 Å². The average Bonchev–Trinajstić information content (AvgIpc) is 2.34. The Kier molecular flexibility index (Phi) is 4.19. The summed E-state index contributed by atoms with van der Waals surface area (Å²) in [5.41, 5.74) is 2.34. The van der Waals surface area contributed by atoms with Crippen LogP contribution in [0.4, 0.5) is 0 Å². The van der Waals surface area contributed by atoms with Crippen molar-refractivity contribution in [2.24, 2.45) is 0 Å². The molecule has 110 valence electrons. The van der Waals surface area contributed by atoms with E-state index in [1.807, 2.05) is 19.9 Å². The first kappa shape index (κ1) is 15.0. The number of ether oxygens (including phenoxy) is 2. The van der Waals surface area contributed by atoms with E-state index in [0.717, 1.165) is 16.9 Å². The van der Waals surface area contributed by atoms with Gasteiger partial charge in [0.2, 0.25) is 0 Å². The van der Waals surface area contributed by atoms with Crippen LogP contribution in [0.15, 0.2) is 18.2 Å². The molecule has 2 rings (SSSR count). The zero-order valence-electron chi connectivity index (χ0n) is 13.0. The fourth-order valence-corrected chi connectivity index (χ4v) is 2.46. The van der Waals surface area contributed by atoms with E-state index in [2.05, 4.69) is 32.9 Å². The van der Waals surface area contributed by atoms with Crippen LogP contribution in [0, 0.1) is 6.92 Å². The van der Waals surface area contributed by atoms with Crippen molar-refractivity contribution < 1.29 is 14.3 Å². The van der Waals surface area contributed by atoms with Gasteiger partial charge >= 0.3 is 0 Å². The first-order chi connectivity index (χ1) is 9.32. The Labute approximate surface area is 121 Å². The number of carbonyl (C=O) groups is 1. The zero-order chi connectivity index (χ0) is 14.9. The highest BCUT2D eigenvalue weighted by atomic mass is 16.5. The monoisotopic (exact) mass is 276 g/mol. The number of ketones is 1. The number of benzene rings is 1. The van der Waals surface area contributed by atoms with Crippen molar-refractivity contribution in [2.75, 3.05) is 6.61 Å². The predicted molar refractivity (Wildman–Crippen MR) is 79.3 cm³/mol. The molecule has 0 spiro atoms. The SMILES string of the molecule is CCOC1C(=O)CC1Oc1cc(C)ccc1C(C)(C)C. The van der Waals surface area contributed by atoms with Crippen molar-refractivity contribution in [3.8, 4) is 5.75 Å². The van der Waals surface area contributed by atoms with Gasteiger partial charge in [-0.05, 0) is 36.5 Å². The molecule has 0 aromatic heterocycles. The summed E-state index contributed by atoms with van der Waals surface area (Å²) < 4.78 is 11.5. The third-order valence-electron chi connectivity index (χ3n) is 3.63. The van der Waals surface area contributed by atoms with E-state index in [1.54, 1.807) is 0 Å². The first-order valence-corrected chi connectivity index (χ1v) is 7.25. The molecule has 0 N–H and O–H groups in total. The highest BCUT2D eigenvalue weighted by Gasteiger charge is 2.43. The van der Waals surface area contributed by atoms with Crippen molar-refractivity contribution in [2.45, 2.75) is 58.7 Å². The van der Waals surface area contributed by atoms with Gasteiger partial charge in [-0.15, -0.1) is 0 Å². The van der Waals surface area contributed by atoms with E-state index >= 15 is 0 Å². The lowest BCUT2D eigenvalue weighted by Gasteiger charge is -2.36. The maximum atomic E-state index is 11.6. The molecule has 0 amide bonds. The van der Waals surface area contributed by atoms with Gasteiger partial charge in [0.1, 0.15) is 11.9 Å². The van der Waals surface area contributed by atoms with E-state index in [4.69, 9.17) is 9.47 Å². The number of rotatable bonds is 4. The number of hydrogen-bond acceptors (Lipinski definition) is 3. The van der Waals surface area contributed by atoms with Crippen LogP contribution >= 0.6 is 0 Å². The van der Waals surface area contributed by atoms with Gasteiger partial charge in [0.15, 0.2) is 11.9 Å². The van der Waals surface area contributed by atoms with Crippen LogP contribution < -0.4 is 4.74 Å². The van der Waals surface area contributed by atoms with Gasteiger partial charge in [-0.2, -0.15) is 0 Å². The lowest BCUT2D eigenvalue weighted by Crippen LogP contribution is -2.52. The second-order valence-corrected chi connectivity index (χ2v) is 6.45. The van der Waals surface area contributed by atoms with Crippen molar-refractivity contribution in [3.63, 3.8) is 0 Å². The number of carbonyl (C=O) groups excluding carboxylic acids is 1. The van der Waals surface area contributed by atoms with E-state index in [-0.39, 0.29) is 17.3 Å². The fourth-order valence-electron chi connectivity index (χ4n) is 2.46. The van der Waals surface area contributed by atoms with Gasteiger partial charge < -0.3 is 9.47 Å². The first-order valence-electron chi connectivity index (χ1n) is 7.25. The van der Waals surface area contributed by atoms with Crippen LogP contribution in [-0.4, -0.2) is 24.6 Å². The molecule has 0 radical (unpaired) electrons. The Morgan fingerprint density at radius 2 is 2.00 bits per heavy atom. The van der Waals surface area contributed by atoms with Gasteiger partial charge in [0, 0.05) is 13.0 Å². The third kappa shape index (κ3) is 3.04. The molecule has 0 bridgehead atoms. The van der Waals surface area contributed by atoms with Gasteiger partial charge in [-0.25, -0.2) is 0 Å². The molecular weight excluding hydrogens is 252 g/mol. The van der Waals surface area contributed by atoms with E-state index in [0.29, 0.717) is 13.0 Å². The summed E-state index contributed by atoms with van der Waals surface area (Å²) in [5.74, 6) is 1.02. The van der Waals surface area contributed by atoms with Crippen LogP contribution in [0.1, 0.15) is 45.2 Å². The topological polar surface area (TPSA) is 35.5 Å². The van der Waals surface area contributed by atoms with Crippen molar-refractivity contribution in [1.29, 1.82) is 0 Å². The summed E-state index contributed by atoms with van der Waals surface area (Å²) in [4.78, 5) is 11.6. The summed E-state index contributed by atoms with van der Waals surface area (Å²) in [7, 11) is 0. The minimum atomic E-state index is -0.395. The van der Waals surface area contributed by atoms with Crippen LogP contribution in [0.25, 0.3) is 0 Å². The minimum Gasteiger partial charge on any atom is -0.486 e. The molecule has 3 heteroatoms. The molecule has 1 fully saturated rings. The summed E-state index contributed by atoms with van der Waals surface area (Å²) in [6.45, 7) is 11.0. The van der Waals surface area contributed by atoms with Gasteiger partial charge in [-0.3, -0.25) is 4.79 Å². The van der Waals surface area contributed by atoms with Crippen molar-refractivity contribution in [3.05, 3.63) is 29.3 Å².